The molecular weight excluding hydrogens is 392 g/mol. The minimum Gasteiger partial charge on any atom is -0.321 e. The summed E-state index contributed by atoms with van der Waals surface area (Å²) in [5, 5.41) is 3.64. The lowest BCUT2D eigenvalue weighted by molar-refractivity contribution is 0.102. The summed E-state index contributed by atoms with van der Waals surface area (Å²) in [6.07, 6.45) is 5.66. The molecule has 28 heavy (non-hydrogen) atoms. The Labute approximate surface area is 170 Å². The van der Waals surface area contributed by atoms with Crippen LogP contribution in [0.5, 0.6) is 0 Å². The molecule has 1 N–H and O–H groups in total. The molecule has 2 fully saturated rings. The Balaban J connectivity index is 1.47. The largest absolute Gasteiger partial charge is 0.321 e. The predicted octanol–water partition coefficient (Wildman–Crippen LogP) is 4.51. The van der Waals surface area contributed by atoms with Gasteiger partial charge in [0.1, 0.15) is 0 Å². The van der Waals surface area contributed by atoms with Gasteiger partial charge in [0, 0.05) is 22.3 Å². The van der Waals surface area contributed by atoms with Crippen molar-refractivity contribution in [1.29, 1.82) is 0 Å². The molecule has 0 unspecified atom stereocenters. The van der Waals surface area contributed by atoms with Crippen molar-refractivity contribution in [3.63, 3.8) is 0 Å². The Kier molecular flexibility index (Phi) is 5.64. The maximum absolute atomic E-state index is 12.7. The van der Waals surface area contributed by atoms with Crippen LogP contribution in [0.1, 0.15) is 42.5 Å². The van der Waals surface area contributed by atoms with Crippen LogP contribution in [0.2, 0.25) is 0 Å². The fourth-order valence-electron chi connectivity index (χ4n) is 3.76. The molecule has 1 heterocycles. The van der Waals surface area contributed by atoms with Crippen molar-refractivity contribution in [3.05, 3.63) is 54.1 Å². The van der Waals surface area contributed by atoms with Gasteiger partial charge in [-0.1, -0.05) is 25.0 Å². The zero-order valence-corrected chi connectivity index (χ0v) is 17.3. The maximum atomic E-state index is 12.7. The summed E-state index contributed by atoms with van der Waals surface area (Å²) in [5.41, 5.74) is 1.96. The topological polar surface area (TPSA) is 66.5 Å². The fraction of sp³-hybridized carbons (Fsp3) is 0.381. The van der Waals surface area contributed by atoms with Gasteiger partial charge in [-0.15, -0.1) is 11.8 Å². The molecule has 2 aromatic rings. The Hall–Kier alpha value is -1.99. The summed E-state index contributed by atoms with van der Waals surface area (Å²) in [4.78, 5) is 13.8. The number of benzene rings is 2. The van der Waals surface area contributed by atoms with Gasteiger partial charge < -0.3 is 5.32 Å². The standard InChI is InChI=1S/C21H24N2O3S2/c24-21(16-10-12-17(13-11-16)23-14-5-15-28(23,25)26)22-19-8-3-4-9-20(19)27-18-6-1-2-7-18/h3-4,8-13,18H,1-2,5-7,14-15H2,(H,22,24). The first kappa shape index (κ1) is 19.3. The lowest BCUT2D eigenvalue weighted by atomic mass is 10.2. The molecule has 0 bridgehead atoms. The number of hydrogen-bond donors (Lipinski definition) is 1. The van der Waals surface area contributed by atoms with E-state index in [-0.39, 0.29) is 11.7 Å². The van der Waals surface area contributed by atoms with Crippen LogP contribution in [0.4, 0.5) is 11.4 Å². The van der Waals surface area contributed by atoms with Crippen LogP contribution in [0.15, 0.2) is 53.4 Å². The van der Waals surface area contributed by atoms with Crippen LogP contribution in [0.3, 0.4) is 0 Å². The number of hydrogen-bond acceptors (Lipinski definition) is 4. The first-order chi connectivity index (χ1) is 13.5. The van der Waals surface area contributed by atoms with Gasteiger partial charge in [0.2, 0.25) is 10.0 Å². The summed E-state index contributed by atoms with van der Waals surface area (Å²) in [7, 11) is -3.21. The second-order valence-corrected chi connectivity index (χ2v) is 10.6. The van der Waals surface area contributed by atoms with Gasteiger partial charge in [0.15, 0.2) is 0 Å². The van der Waals surface area contributed by atoms with E-state index in [1.807, 2.05) is 30.0 Å². The number of sulfonamides is 1. The Morgan fingerprint density at radius 1 is 1.00 bits per heavy atom. The maximum Gasteiger partial charge on any atom is 0.255 e. The first-order valence-corrected chi connectivity index (χ1v) is 12.2. The molecule has 7 heteroatoms. The molecule has 1 aliphatic carbocycles. The average Bonchev–Trinajstić information content (AvgIpc) is 3.32. The van der Waals surface area contributed by atoms with E-state index in [2.05, 4.69) is 11.4 Å². The SMILES string of the molecule is O=C(Nc1ccccc1SC1CCCC1)c1ccc(N2CCCS2(=O)=O)cc1. The molecule has 4 rings (SSSR count). The third kappa shape index (κ3) is 4.20. The molecule has 1 amide bonds. The van der Waals surface area contributed by atoms with Crippen LogP contribution >= 0.6 is 11.8 Å². The highest BCUT2D eigenvalue weighted by atomic mass is 32.2. The second-order valence-electron chi connectivity index (χ2n) is 7.26. The van der Waals surface area contributed by atoms with E-state index in [0.717, 1.165) is 10.6 Å². The van der Waals surface area contributed by atoms with E-state index in [9.17, 15) is 13.2 Å². The quantitative estimate of drug-likeness (QED) is 0.779. The summed E-state index contributed by atoms with van der Waals surface area (Å²) < 4.78 is 25.5. The molecule has 0 aromatic heterocycles. The molecule has 2 aliphatic rings. The average molecular weight is 417 g/mol. The number of nitrogens with zero attached hydrogens (tertiary/aromatic N) is 1. The Morgan fingerprint density at radius 3 is 2.39 bits per heavy atom. The van der Waals surface area contributed by atoms with Gasteiger partial charge in [-0.2, -0.15) is 0 Å². The molecule has 1 aliphatic heterocycles. The summed E-state index contributed by atoms with van der Waals surface area (Å²) in [5.74, 6) is 0.000294. The molecule has 0 atom stereocenters. The minimum absolute atomic E-state index is 0.185. The summed E-state index contributed by atoms with van der Waals surface area (Å²) in [6.45, 7) is 0.500. The van der Waals surface area contributed by atoms with Crippen LogP contribution in [0.25, 0.3) is 0 Å². The number of rotatable bonds is 5. The number of anilines is 2. The number of carbonyl (C=O) groups is 1. The molecule has 1 saturated carbocycles. The summed E-state index contributed by atoms with van der Waals surface area (Å²) in [6, 6.07) is 14.7. The van der Waals surface area contributed by atoms with E-state index in [0.29, 0.717) is 29.5 Å². The van der Waals surface area contributed by atoms with Crippen molar-refractivity contribution in [2.75, 3.05) is 21.9 Å². The van der Waals surface area contributed by atoms with Crippen LogP contribution in [-0.2, 0) is 10.0 Å². The van der Waals surface area contributed by atoms with Gasteiger partial charge in [-0.05, 0) is 55.7 Å². The first-order valence-electron chi connectivity index (χ1n) is 9.70. The molecular formula is C21H24N2O3S2. The van der Waals surface area contributed by atoms with Crippen molar-refractivity contribution in [3.8, 4) is 0 Å². The van der Waals surface area contributed by atoms with Crippen LogP contribution in [0, 0.1) is 0 Å². The lowest BCUT2D eigenvalue weighted by Crippen LogP contribution is -2.25. The van der Waals surface area contributed by atoms with Crippen molar-refractivity contribution in [2.24, 2.45) is 0 Å². The zero-order valence-electron chi connectivity index (χ0n) is 15.6. The zero-order chi connectivity index (χ0) is 19.6. The molecule has 2 aromatic carbocycles. The van der Waals surface area contributed by atoms with Crippen molar-refractivity contribution in [1.82, 2.24) is 0 Å². The monoisotopic (exact) mass is 416 g/mol. The van der Waals surface area contributed by atoms with Crippen molar-refractivity contribution >= 4 is 39.1 Å². The van der Waals surface area contributed by atoms with Gasteiger partial charge in [0.05, 0.1) is 17.1 Å². The molecule has 5 nitrogen and oxygen atoms in total. The number of nitrogens with one attached hydrogen (secondary N) is 1. The predicted molar refractivity (Wildman–Crippen MR) is 115 cm³/mol. The third-order valence-corrected chi connectivity index (χ3v) is 8.53. The molecule has 148 valence electrons. The van der Waals surface area contributed by atoms with Gasteiger partial charge >= 0.3 is 0 Å². The van der Waals surface area contributed by atoms with Crippen LogP contribution < -0.4 is 9.62 Å². The Morgan fingerprint density at radius 2 is 1.71 bits per heavy atom. The lowest BCUT2D eigenvalue weighted by Gasteiger charge is -2.17. The number of thioether (sulfide) groups is 1. The molecule has 1 saturated heterocycles. The Bertz CT molecular complexity index is 952. The highest BCUT2D eigenvalue weighted by molar-refractivity contribution is 8.00. The number of carbonyl (C=O) groups excluding carboxylic acids is 1. The van der Waals surface area contributed by atoms with E-state index in [1.54, 1.807) is 24.3 Å². The normalized spacial score (nSPS) is 19.1. The van der Waals surface area contributed by atoms with Crippen molar-refractivity contribution in [2.45, 2.75) is 42.2 Å². The van der Waals surface area contributed by atoms with E-state index in [1.165, 1.54) is 30.0 Å². The molecule has 0 radical (unpaired) electrons. The smallest absolute Gasteiger partial charge is 0.255 e. The van der Waals surface area contributed by atoms with E-state index < -0.39 is 10.0 Å². The highest BCUT2D eigenvalue weighted by Gasteiger charge is 2.28. The van der Waals surface area contributed by atoms with Gasteiger partial charge in [-0.3, -0.25) is 9.10 Å². The van der Waals surface area contributed by atoms with Gasteiger partial charge in [-0.25, -0.2) is 8.42 Å². The third-order valence-electron chi connectivity index (χ3n) is 5.25. The molecule has 0 spiro atoms. The fourth-order valence-corrected chi connectivity index (χ4v) is 6.66. The summed E-state index contributed by atoms with van der Waals surface area (Å²) >= 11 is 1.85. The second kappa shape index (κ2) is 8.17. The number of amides is 1. The highest BCUT2D eigenvalue weighted by Crippen LogP contribution is 2.38. The van der Waals surface area contributed by atoms with Gasteiger partial charge in [0.25, 0.3) is 5.91 Å². The van der Waals surface area contributed by atoms with E-state index in [4.69, 9.17) is 0 Å². The van der Waals surface area contributed by atoms with Crippen molar-refractivity contribution < 1.29 is 13.2 Å². The number of para-hydroxylation sites is 1. The minimum atomic E-state index is -3.21. The van der Waals surface area contributed by atoms with Crippen LogP contribution in [-0.4, -0.2) is 31.9 Å². The van der Waals surface area contributed by atoms with E-state index >= 15 is 0 Å².